The summed E-state index contributed by atoms with van der Waals surface area (Å²) in [6.07, 6.45) is 5.12. The van der Waals surface area contributed by atoms with Crippen molar-refractivity contribution < 1.29 is 14.3 Å². The van der Waals surface area contributed by atoms with Crippen molar-refractivity contribution in [3.63, 3.8) is 0 Å². The van der Waals surface area contributed by atoms with Crippen LogP contribution in [0.5, 0.6) is 11.6 Å². The van der Waals surface area contributed by atoms with Gasteiger partial charge in [-0.05, 0) is 61.6 Å². The molecule has 1 aliphatic rings. The first kappa shape index (κ1) is 29.6. The highest BCUT2D eigenvalue weighted by Crippen LogP contribution is 2.32. The van der Waals surface area contributed by atoms with Gasteiger partial charge in [0.2, 0.25) is 18.2 Å². The Morgan fingerprint density at radius 1 is 1.10 bits per heavy atom. The van der Waals surface area contributed by atoms with Gasteiger partial charge in [-0.15, -0.1) is 0 Å². The number of hydrogen-bond donors (Lipinski definition) is 2. The molecule has 3 aromatic rings. The van der Waals surface area contributed by atoms with E-state index < -0.39 is 0 Å². The van der Waals surface area contributed by atoms with Gasteiger partial charge in [-0.3, -0.25) is 15.4 Å². The number of hydrogen-bond acceptors (Lipinski definition) is 5. The molecule has 39 heavy (non-hydrogen) atoms. The zero-order valence-electron chi connectivity index (χ0n) is 22.9. The lowest BCUT2D eigenvalue weighted by atomic mass is 9.81. The number of guanidine groups is 1. The minimum absolute atomic E-state index is 0.0457. The van der Waals surface area contributed by atoms with E-state index in [2.05, 4.69) is 41.4 Å². The molecule has 0 aliphatic heterocycles. The lowest BCUT2D eigenvalue weighted by Crippen LogP contribution is -2.53. The van der Waals surface area contributed by atoms with Crippen molar-refractivity contribution in [2.75, 3.05) is 0 Å². The molecule has 206 valence electrons. The lowest BCUT2D eigenvalue weighted by molar-refractivity contribution is -0.108. The van der Waals surface area contributed by atoms with E-state index in [1.807, 2.05) is 36.1 Å². The van der Waals surface area contributed by atoms with Crippen LogP contribution in [-0.2, 0) is 11.3 Å². The van der Waals surface area contributed by atoms with Crippen LogP contribution in [0, 0.1) is 12.8 Å². The number of urea groups is 1. The smallest absolute Gasteiger partial charge is 0.324 e. The standard InChI is InChI=1S/C27H28ClN5O3.C3H8/c1-18-3-5-20(6-4-18)16-33(23-13-19(2)14-23)27(35)32-26(30-17-34)31-22-8-10-24(11-9-22)36-25-12-7-21(28)15-29-25;1-3-2/h3-12,15,17,19,23H,13-14,16H2,1-2H3,(H2,30,31,32,34,35);3H2,1-2H3. The van der Waals surface area contributed by atoms with Crippen molar-refractivity contribution in [3.05, 3.63) is 83.0 Å². The zero-order chi connectivity index (χ0) is 28.2. The Kier molecular flexibility index (Phi) is 11.3. The molecule has 2 aromatic carbocycles. The topological polar surface area (TPSA) is 95.9 Å². The van der Waals surface area contributed by atoms with Crippen molar-refractivity contribution in [2.45, 2.75) is 59.5 Å². The fourth-order valence-electron chi connectivity index (χ4n) is 3.96. The molecule has 0 saturated heterocycles. The second-order valence-electron chi connectivity index (χ2n) is 9.61. The van der Waals surface area contributed by atoms with E-state index >= 15 is 0 Å². The van der Waals surface area contributed by atoms with Crippen LogP contribution in [0.15, 0.2) is 71.9 Å². The van der Waals surface area contributed by atoms with Crippen molar-refractivity contribution in [1.82, 2.24) is 20.5 Å². The molecule has 8 nitrogen and oxygen atoms in total. The quantitative estimate of drug-likeness (QED) is 0.188. The Hall–Kier alpha value is -3.91. The molecule has 4 rings (SSSR count). The Labute approximate surface area is 235 Å². The minimum atomic E-state index is -0.311. The monoisotopic (exact) mass is 549 g/mol. The second kappa shape index (κ2) is 14.9. The van der Waals surface area contributed by atoms with E-state index in [0.29, 0.717) is 41.2 Å². The summed E-state index contributed by atoms with van der Waals surface area (Å²) < 4.78 is 5.69. The van der Waals surface area contributed by atoms with E-state index in [4.69, 9.17) is 16.3 Å². The maximum absolute atomic E-state index is 13.3. The molecule has 1 aliphatic carbocycles. The Balaban J connectivity index is 0.00000134. The Morgan fingerprint density at radius 3 is 2.33 bits per heavy atom. The first-order chi connectivity index (χ1) is 18.8. The van der Waals surface area contributed by atoms with E-state index in [0.717, 1.165) is 24.0 Å². The van der Waals surface area contributed by atoms with E-state index in [1.165, 1.54) is 12.6 Å². The van der Waals surface area contributed by atoms with Crippen molar-refractivity contribution >= 4 is 35.7 Å². The maximum atomic E-state index is 13.3. The van der Waals surface area contributed by atoms with Gasteiger partial charge < -0.3 is 9.64 Å². The molecule has 2 N–H and O–H groups in total. The zero-order valence-corrected chi connectivity index (χ0v) is 23.6. The number of rotatable bonds is 7. The number of halogens is 1. The maximum Gasteiger partial charge on any atom is 0.324 e. The number of pyridine rings is 1. The van der Waals surface area contributed by atoms with Crippen LogP contribution in [0.3, 0.4) is 0 Å². The molecular formula is C30H36ClN5O3. The van der Waals surface area contributed by atoms with Crippen LogP contribution >= 0.6 is 11.6 Å². The van der Waals surface area contributed by atoms with Gasteiger partial charge in [0, 0.05) is 24.8 Å². The van der Waals surface area contributed by atoms with Gasteiger partial charge in [0.25, 0.3) is 0 Å². The van der Waals surface area contributed by atoms with Crippen LogP contribution in [0.25, 0.3) is 0 Å². The van der Waals surface area contributed by atoms with Gasteiger partial charge >= 0.3 is 6.03 Å². The van der Waals surface area contributed by atoms with Crippen LogP contribution in [0.4, 0.5) is 10.5 Å². The average molecular weight is 550 g/mol. The first-order valence-electron chi connectivity index (χ1n) is 13.1. The predicted octanol–water partition coefficient (Wildman–Crippen LogP) is 7.00. The fraction of sp³-hybridized carbons (Fsp3) is 0.333. The summed E-state index contributed by atoms with van der Waals surface area (Å²) in [4.78, 5) is 34.8. The molecule has 1 fully saturated rings. The molecular weight excluding hydrogens is 514 g/mol. The summed E-state index contributed by atoms with van der Waals surface area (Å²) in [5.74, 6) is 1.59. The number of aryl methyl sites for hydroxylation is 1. The number of nitrogens with zero attached hydrogens (tertiary/aromatic N) is 3. The number of nitrogens with one attached hydrogen (secondary N) is 2. The molecule has 1 saturated carbocycles. The average Bonchev–Trinajstić information content (AvgIpc) is 2.90. The summed E-state index contributed by atoms with van der Waals surface area (Å²) in [5, 5.41) is 5.77. The van der Waals surface area contributed by atoms with E-state index in [9.17, 15) is 9.59 Å². The summed E-state index contributed by atoms with van der Waals surface area (Å²) in [6, 6.07) is 18.2. The second-order valence-corrected chi connectivity index (χ2v) is 10.1. The van der Waals surface area contributed by atoms with Gasteiger partial charge in [-0.2, -0.15) is 0 Å². The van der Waals surface area contributed by atoms with Crippen molar-refractivity contribution in [2.24, 2.45) is 10.9 Å². The predicted molar refractivity (Wildman–Crippen MR) is 155 cm³/mol. The third-order valence-electron chi connectivity index (χ3n) is 5.95. The first-order valence-corrected chi connectivity index (χ1v) is 13.5. The lowest BCUT2D eigenvalue weighted by Gasteiger charge is -2.41. The molecule has 9 heteroatoms. The molecule has 0 radical (unpaired) electrons. The molecule has 3 amide bonds. The number of amides is 3. The largest absolute Gasteiger partial charge is 0.439 e. The third-order valence-corrected chi connectivity index (χ3v) is 6.17. The minimum Gasteiger partial charge on any atom is -0.439 e. The van der Waals surface area contributed by atoms with Crippen molar-refractivity contribution in [1.29, 1.82) is 0 Å². The van der Waals surface area contributed by atoms with Crippen LogP contribution < -0.4 is 15.4 Å². The van der Waals surface area contributed by atoms with Crippen LogP contribution in [-0.4, -0.2) is 34.3 Å². The molecule has 1 aromatic heterocycles. The summed E-state index contributed by atoms with van der Waals surface area (Å²) in [7, 11) is 0. The number of carbonyl (C=O) groups is 2. The number of benzene rings is 2. The van der Waals surface area contributed by atoms with Gasteiger partial charge in [-0.1, -0.05) is 68.6 Å². The number of carbonyl (C=O) groups excluding carboxylic acids is 2. The molecule has 0 unspecified atom stereocenters. The fourth-order valence-corrected chi connectivity index (χ4v) is 4.07. The van der Waals surface area contributed by atoms with Crippen molar-refractivity contribution in [3.8, 4) is 11.6 Å². The van der Waals surface area contributed by atoms with Crippen LogP contribution in [0.1, 0.15) is 51.2 Å². The summed E-state index contributed by atoms with van der Waals surface area (Å²) in [6.45, 7) is 8.93. The van der Waals surface area contributed by atoms with Gasteiger partial charge in [0.05, 0.1) is 10.7 Å². The highest BCUT2D eigenvalue weighted by Gasteiger charge is 2.34. The number of aromatic nitrogens is 1. The highest BCUT2D eigenvalue weighted by molar-refractivity contribution is 6.30. The van der Waals surface area contributed by atoms with Gasteiger partial charge in [0.1, 0.15) is 5.75 Å². The summed E-state index contributed by atoms with van der Waals surface area (Å²) in [5.41, 5.74) is 2.73. The number of aliphatic imine (C=N–C) groups is 1. The van der Waals surface area contributed by atoms with Gasteiger partial charge in [-0.25, -0.2) is 14.8 Å². The summed E-state index contributed by atoms with van der Waals surface area (Å²) >= 11 is 5.85. The Bertz CT molecular complexity index is 1220. The normalized spacial score (nSPS) is 16.2. The SMILES string of the molecule is CCC.Cc1ccc(CN(C(=O)NC(=Nc2ccc(Oc3ccc(Cl)cn3)cc2)NC=O)C2CC(C)C2)cc1. The van der Waals surface area contributed by atoms with E-state index in [1.54, 1.807) is 36.4 Å². The highest BCUT2D eigenvalue weighted by atomic mass is 35.5. The number of ether oxygens (including phenoxy) is 1. The third kappa shape index (κ3) is 9.41. The Morgan fingerprint density at radius 2 is 1.77 bits per heavy atom. The molecule has 0 atom stereocenters. The molecule has 1 heterocycles. The van der Waals surface area contributed by atoms with E-state index in [-0.39, 0.29) is 18.0 Å². The molecule has 0 bridgehead atoms. The van der Waals surface area contributed by atoms with Crippen LogP contribution in [0.2, 0.25) is 5.02 Å². The van der Waals surface area contributed by atoms with Gasteiger partial charge in [0.15, 0.2) is 0 Å². The molecule has 0 spiro atoms.